The standard InChI is InChI=1S/C64H60O10P2/c1-39-35-41(3)57(42(4)36-39)53-31-33-55(73-63(67)45(7)71-47(9)65)59(61(53)75(69,49-23-15-11-16-24-49)50-25-17-12-18-26-50)60-56(74-64(68)46(8)72-48(10)66)34-32-54(58-43(5)37-40(2)38-44(58)6)62(60)76(70,51-27-19-13-20-28-51)52-29-21-14-22-30-52/h11-38,45-46H,1-10H3/t45-,46-/m0/s1. The minimum Gasteiger partial charge on any atom is -0.451 e. The van der Waals surface area contributed by atoms with Crippen LogP contribution in [0.15, 0.2) is 170 Å². The van der Waals surface area contributed by atoms with Crippen molar-refractivity contribution in [2.24, 2.45) is 0 Å². The van der Waals surface area contributed by atoms with Crippen LogP contribution < -0.4 is 41.3 Å². The Kier molecular flexibility index (Phi) is 16.1. The lowest BCUT2D eigenvalue weighted by molar-refractivity contribution is -0.159. The van der Waals surface area contributed by atoms with Gasteiger partial charge in [0.25, 0.3) is 0 Å². The Balaban J connectivity index is 1.75. The van der Waals surface area contributed by atoms with Crippen LogP contribution in [0.3, 0.4) is 0 Å². The lowest BCUT2D eigenvalue weighted by Gasteiger charge is -2.32. The molecule has 0 aliphatic carbocycles. The molecule has 76 heavy (non-hydrogen) atoms. The summed E-state index contributed by atoms with van der Waals surface area (Å²) in [6.45, 7) is 17.0. The lowest BCUT2D eigenvalue weighted by Crippen LogP contribution is -2.34. The van der Waals surface area contributed by atoms with E-state index in [1.807, 2.05) is 90.1 Å². The SMILES string of the molecule is CC(=O)O[C@@H](C)C(=O)Oc1ccc(-c2c(C)cc(C)cc2C)c(P(=O)(c2ccccc2)c2ccccc2)c1-c1c(OC(=O)[C@H](C)OC(C)=O)ccc(-c2c(C)cc(C)cc2C)c1P(=O)(c1ccccc1)c1ccccc1. The summed E-state index contributed by atoms with van der Waals surface area (Å²) in [6, 6.07) is 50.9. The van der Waals surface area contributed by atoms with Gasteiger partial charge in [-0.25, -0.2) is 9.59 Å². The molecule has 0 spiro atoms. The molecule has 0 bridgehead atoms. The minimum atomic E-state index is -4.35. The smallest absolute Gasteiger partial charge is 0.352 e. The number of rotatable bonds is 15. The molecule has 12 heteroatoms. The largest absolute Gasteiger partial charge is 0.451 e. The van der Waals surface area contributed by atoms with Crippen LogP contribution in [0.25, 0.3) is 33.4 Å². The molecular formula is C64H60O10P2. The maximum Gasteiger partial charge on any atom is 0.352 e. The Morgan fingerprint density at radius 2 is 0.645 bits per heavy atom. The zero-order valence-corrected chi connectivity index (χ0v) is 46.1. The molecule has 8 rings (SSSR count). The van der Waals surface area contributed by atoms with Crippen LogP contribution in [-0.2, 0) is 37.8 Å². The van der Waals surface area contributed by atoms with Crippen LogP contribution in [0.2, 0.25) is 0 Å². The van der Waals surface area contributed by atoms with Crippen LogP contribution in [0.5, 0.6) is 11.5 Å². The second kappa shape index (κ2) is 22.5. The summed E-state index contributed by atoms with van der Waals surface area (Å²) in [6.07, 6.45) is -2.87. The first kappa shape index (κ1) is 54.4. The fraction of sp³-hybridized carbons (Fsp3) is 0.188. The highest BCUT2D eigenvalue weighted by Gasteiger charge is 2.44. The predicted molar refractivity (Wildman–Crippen MR) is 304 cm³/mol. The topological polar surface area (TPSA) is 139 Å². The number of aryl methyl sites for hydroxylation is 6. The third kappa shape index (κ3) is 10.7. The number of hydrogen-bond acceptors (Lipinski definition) is 10. The molecule has 0 saturated heterocycles. The fourth-order valence-corrected chi connectivity index (χ4v) is 16.5. The second-order valence-electron chi connectivity index (χ2n) is 19.1. The van der Waals surface area contributed by atoms with Gasteiger partial charge in [-0.2, -0.15) is 0 Å². The van der Waals surface area contributed by atoms with E-state index in [0.717, 1.165) is 44.5 Å². The van der Waals surface area contributed by atoms with Gasteiger partial charge in [0.05, 0.1) is 0 Å². The molecular weight excluding hydrogens is 991 g/mol. The van der Waals surface area contributed by atoms with Crippen molar-refractivity contribution in [3.05, 3.63) is 203 Å². The quantitative estimate of drug-likeness (QED) is 0.0554. The summed E-state index contributed by atoms with van der Waals surface area (Å²) in [5.41, 5.74) is 7.74. The van der Waals surface area contributed by atoms with Crippen molar-refractivity contribution in [1.82, 2.24) is 0 Å². The van der Waals surface area contributed by atoms with E-state index in [4.69, 9.17) is 18.9 Å². The maximum atomic E-state index is 17.9. The molecule has 2 atom stereocenters. The van der Waals surface area contributed by atoms with E-state index in [0.29, 0.717) is 32.3 Å². The Morgan fingerprint density at radius 1 is 0.382 bits per heavy atom. The maximum absolute atomic E-state index is 17.9. The molecule has 386 valence electrons. The average molecular weight is 1050 g/mol. The molecule has 8 aromatic rings. The van der Waals surface area contributed by atoms with Gasteiger partial charge >= 0.3 is 23.9 Å². The second-order valence-corrected chi connectivity index (χ2v) is 24.5. The Bertz CT molecular complexity index is 3260. The normalized spacial score (nSPS) is 12.3. The fourth-order valence-electron chi connectivity index (χ4n) is 10.4. The summed E-state index contributed by atoms with van der Waals surface area (Å²) >= 11 is 0. The zero-order valence-electron chi connectivity index (χ0n) is 44.3. The molecule has 0 N–H and O–H groups in total. The van der Waals surface area contributed by atoms with E-state index in [1.54, 1.807) is 121 Å². The van der Waals surface area contributed by atoms with E-state index >= 15 is 9.13 Å². The first-order valence-corrected chi connectivity index (χ1v) is 28.4. The monoisotopic (exact) mass is 1050 g/mol. The molecule has 0 unspecified atom stereocenters. The molecule has 0 heterocycles. The van der Waals surface area contributed by atoms with Crippen LogP contribution in [0, 0.1) is 41.5 Å². The summed E-state index contributed by atoms with van der Waals surface area (Å²) in [5, 5.41) is 1.95. The van der Waals surface area contributed by atoms with Crippen molar-refractivity contribution in [3.8, 4) is 44.9 Å². The third-order valence-electron chi connectivity index (χ3n) is 13.3. The summed E-state index contributed by atoms with van der Waals surface area (Å²) in [5.74, 6) is -3.77. The Morgan fingerprint density at radius 3 is 0.895 bits per heavy atom. The minimum absolute atomic E-state index is 0.00517. The van der Waals surface area contributed by atoms with Crippen LogP contribution in [-0.4, -0.2) is 36.1 Å². The van der Waals surface area contributed by atoms with Gasteiger partial charge in [-0.3, -0.25) is 9.59 Å². The van der Waals surface area contributed by atoms with E-state index in [9.17, 15) is 19.2 Å². The zero-order chi connectivity index (χ0) is 54.6. The van der Waals surface area contributed by atoms with Gasteiger partial charge in [0.1, 0.15) is 11.5 Å². The molecule has 0 aliphatic heterocycles. The summed E-state index contributed by atoms with van der Waals surface area (Å²) in [7, 11) is -8.70. The number of benzene rings is 8. The van der Waals surface area contributed by atoms with Crippen molar-refractivity contribution in [1.29, 1.82) is 0 Å². The van der Waals surface area contributed by atoms with Gasteiger partial charge in [-0.15, -0.1) is 0 Å². The highest BCUT2D eigenvalue weighted by Crippen LogP contribution is 2.57. The van der Waals surface area contributed by atoms with Gasteiger partial charge in [0.2, 0.25) is 0 Å². The molecule has 0 amide bonds. The van der Waals surface area contributed by atoms with Crippen molar-refractivity contribution in [2.45, 2.75) is 81.4 Å². The highest BCUT2D eigenvalue weighted by molar-refractivity contribution is 7.86. The number of ether oxygens (including phenoxy) is 4. The molecule has 0 aliphatic rings. The first-order valence-electron chi connectivity index (χ1n) is 25.0. The van der Waals surface area contributed by atoms with Crippen LogP contribution >= 0.6 is 14.3 Å². The number of carbonyl (C=O) groups excluding carboxylic acids is 4. The lowest BCUT2D eigenvalue weighted by atomic mass is 9.88. The highest BCUT2D eigenvalue weighted by atomic mass is 31.2. The number of carbonyl (C=O) groups is 4. The van der Waals surface area contributed by atoms with E-state index in [2.05, 4.69) is 0 Å². The van der Waals surface area contributed by atoms with Gasteiger partial charge < -0.3 is 28.1 Å². The van der Waals surface area contributed by atoms with Gasteiger partial charge in [0.15, 0.2) is 26.5 Å². The molecule has 0 fully saturated rings. The Labute approximate surface area is 444 Å². The average Bonchev–Trinajstić information content (AvgIpc) is 3.42. The van der Waals surface area contributed by atoms with Crippen molar-refractivity contribution >= 4 is 70.0 Å². The number of esters is 4. The summed E-state index contributed by atoms with van der Waals surface area (Å²) in [4.78, 5) is 54.2. The van der Waals surface area contributed by atoms with Crippen LogP contribution in [0.4, 0.5) is 0 Å². The molecule has 8 aromatic carbocycles. The molecule has 0 saturated carbocycles. The van der Waals surface area contributed by atoms with E-state index < -0.39 is 50.4 Å². The number of hydrogen-bond donors (Lipinski definition) is 0. The van der Waals surface area contributed by atoms with Gasteiger partial charge in [-0.05, 0) is 124 Å². The Hall–Kier alpha value is -7.90. The molecule has 0 radical (unpaired) electrons. The van der Waals surface area contributed by atoms with Crippen molar-refractivity contribution in [3.63, 3.8) is 0 Å². The van der Waals surface area contributed by atoms with Gasteiger partial charge in [0, 0.05) is 56.8 Å². The third-order valence-corrected chi connectivity index (χ3v) is 19.6. The van der Waals surface area contributed by atoms with Crippen molar-refractivity contribution < 1.29 is 47.3 Å². The molecule has 10 nitrogen and oxygen atoms in total. The van der Waals surface area contributed by atoms with E-state index in [-0.39, 0.29) is 33.2 Å². The van der Waals surface area contributed by atoms with Gasteiger partial charge in [-0.1, -0.05) is 157 Å². The first-order chi connectivity index (χ1) is 36.2. The van der Waals surface area contributed by atoms with E-state index in [1.165, 1.54) is 27.7 Å². The summed E-state index contributed by atoms with van der Waals surface area (Å²) < 4.78 is 59.8. The predicted octanol–water partition coefficient (Wildman–Crippen LogP) is 11.5. The van der Waals surface area contributed by atoms with Crippen LogP contribution in [0.1, 0.15) is 61.1 Å². The molecule has 0 aromatic heterocycles. The van der Waals surface area contributed by atoms with Crippen molar-refractivity contribution in [2.75, 3.05) is 0 Å².